The van der Waals surface area contributed by atoms with Gasteiger partial charge in [0.2, 0.25) is 0 Å². The van der Waals surface area contributed by atoms with Crippen molar-refractivity contribution in [2.75, 3.05) is 7.11 Å². The Bertz CT molecular complexity index is 433. The monoisotopic (exact) mass is 261 g/mol. The average Bonchev–Trinajstić information content (AvgIpc) is 2.42. The minimum atomic E-state index is -0.176. The number of rotatable bonds is 3. The first-order valence-corrected chi connectivity index (χ1v) is 7.37. The van der Waals surface area contributed by atoms with Crippen LogP contribution in [0.15, 0.2) is 18.2 Å². The summed E-state index contributed by atoms with van der Waals surface area (Å²) in [6.45, 7) is 6.64. The summed E-state index contributed by atoms with van der Waals surface area (Å²) in [6.07, 6.45) is 4.57. The Morgan fingerprint density at radius 1 is 1.26 bits per heavy atom. The molecule has 0 radical (unpaired) electrons. The molecule has 1 aliphatic rings. The largest absolute Gasteiger partial charge is 0.376 e. The van der Waals surface area contributed by atoms with Gasteiger partial charge in [0.05, 0.1) is 11.6 Å². The Hall–Kier alpha value is -0.860. The number of benzene rings is 1. The molecule has 106 valence electrons. The standard InChI is InChI=1S/C17H27NO/c1-12-8-10-17(19-4,11-9-12)16(18)15-7-5-6-13(2)14(15)3/h5-7,12,16H,8-11,18H2,1-4H3. The van der Waals surface area contributed by atoms with E-state index >= 15 is 0 Å². The maximum atomic E-state index is 6.61. The Labute approximate surface area is 117 Å². The maximum absolute atomic E-state index is 6.61. The highest BCUT2D eigenvalue weighted by molar-refractivity contribution is 5.36. The van der Waals surface area contributed by atoms with Crippen molar-refractivity contribution in [3.63, 3.8) is 0 Å². The van der Waals surface area contributed by atoms with Crippen molar-refractivity contribution in [3.05, 3.63) is 34.9 Å². The molecule has 1 aromatic rings. The minimum Gasteiger partial charge on any atom is -0.376 e. The van der Waals surface area contributed by atoms with Crippen molar-refractivity contribution < 1.29 is 4.74 Å². The second-order valence-corrected chi connectivity index (χ2v) is 6.22. The summed E-state index contributed by atoms with van der Waals surface area (Å²) < 4.78 is 5.91. The zero-order valence-electron chi connectivity index (χ0n) is 12.7. The predicted molar refractivity (Wildman–Crippen MR) is 80.2 cm³/mol. The van der Waals surface area contributed by atoms with E-state index < -0.39 is 0 Å². The molecule has 0 aliphatic heterocycles. The second-order valence-electron chi connectivity index (χ2n) is 6.22. The van der Waals surface area contributed by atoms with E-state index in [0.29, 0.717) is 0 Å². The normalized spacial score (nSPS) is 29.2. The lowest BCUT2D eigenvalue weighted by molar-refractivity contribution is -0.0673. The average molecular weight is 261 g/mol. The number of methoxy groups -OCH3 is 1. The lowest BCUT2D eigenvalue weighted by atomic mass is 9.73. The molecule has 0 amide bonds. The van der Waals surface area contributed by atoms with Crippen LogP contribution in [0.2, 0.25) is 0 Å². The second kappa shape index (κ2) is 5.64. The molecule has 0 bridgehead atoms. The summed E-state index contributed by atoms with van der Waals surface area (Å²) in [6, 6.07) is 6.39. The van der Waals surface area contributed by atoms with E-state index in [1.165, 1.54) is 29.5 Å². The Morgan fingerprint density at radius 2 is 1.89 bits per heavy atom. The van der Waals surface area contributed by atoms with E-state index in [4.69, 9.17) is 10.5 Å². The molecule has 2 rings (SSSR count). The summed E-state index contributed by atoms with van der Waals surface area (Å²) in [5.74, 6) is 0.800. The molecule has 0 aromatic heterocycles. The van der Waals surface area contributed by atoms with Gasteiger partial charge in [-0.15, -0.1) is 0 Å². The lowest BCUT2D eigenvalue weighted by Crippen LogP contribution is -2.46. The van der Waals surface area contributed by atoms with Crippen molar-refractivity contribution in [1.29, 1.82) is 0 Å². The third kappa shape index (κ3) is 2.70. The highest BCUT2D eigenvalue weighted by atomic mass is 16.5. The van der Waals surface area contributed by atoms with Crippen LogP contribution in [-0.2, 0) is 4.74 Å². The van der Waals surface area contributed by atoms with Gasteiger partial charge in [0.1, 0.15) is 0 Å². The van der Waals surface area contributed by atoms with Crippen molar-refractivity contribution in [1.82, 2.24) is 0 Å². The Morgan fingerprint density at radius 3 is 2.47 bits per heavy atom. The van der Waals surface area contributed by atoms with Gasteiger partial charge in [-0.1, -0.05) is 25.1 Å². The van der Waals surface area contributed by atoms with Gasteiger partial charge in [0.15, 0.2) is 0 Å². The van der Waals surface area contributed by atoms with Crippen LogP contribution < -0.4 is 5.73 Å². The van der Waals surface area contributed by atoms with Crippen LogP contribution in [0, 0.1) is 19.8 Å². The van der Waals surface area contributed by atoms with E-state index in [2.05, 4.69) is 39.0 Å². The topological polar surface area (TPSA) is 35.2 Å². The van der Waals surface area contributed by atoms with E-state index in [-0.39, 0.29) is 11.6 Å². The fourth-order valence-corrected chi connectivity index (χ4v) is 3.29. The molecule has 1 atom stereocenters. The van der Waals surface area contributed by atoms with Crippen molar-refractivity contribution in [2.45, 2.75) is 58.1 Å². The van der Waals surface area contributed by atoms with Crippen LogP contribution in [0.1, 0.15) is 55.3 Å². The van der Waals surface area contributed by atoms with Crippen LogP contribution in [0.5, 0.6) is 0 Å². The molecule has 2 heteroatoms. The molecule has 1 unspecified atom stereocenters. The number of hydrogen-bond donors (Lipinski definition) is 1. The summed E-state index contributed by atoms with van der Waals surface area (Å²) in [4.78, 5) is 0. The predicted octanol–water partition coefficient (Wildman–Crippen LogP) is 3.90. The number of ether oxygens (including phenoxy) is 1. The van der Waals surface area contributed by atoms with E-state index in [1.807, 2.05) is 7.11 Å². The van der Waals surface area contributed by atoms with Gasteiger partial charge in [-0.05, 0) is 62.1 Å². The smallest absolute Gasteiger partial charge is 0.0870 e. The van der Waals surface area contributed by atoms with Gasteiger partial charge >= 0.3 is 0 Å². The van der Waals surface area contributed by atoms with Crippen molar-refractivity contribution >= 4 is 0 Å². The summed E-state index contributed by atoms with van der Waals surface area (Å²) in [5.41, 5.74) is 10.3. The van der Waals surface area contributed by atoms with Gasteiger partial charge in [-0.3, -0.25) is 0 Å². The zero-order chi connectivity index (χ0) is 14.0. The fraction of sp³-hybridized carbons (Fsp3) is 0.647. The third-order valence-electron chi connectivity index (χ3n) is 5.08. The van der Waals surface area contributed by atoms with Crippen molar-refractivity contribution in [3.8, 4) is 0 Å². The molecule has 19 heavy (non-hydrogen) atoms. The molecular weight excluding hydrogens is 234 g/mol. The Kier molecular flexibility index (Phi) is 4.32. The molecule has 1 aromatic carbocycles. The molecule has 2 nitrogen and oxygen atoms in total. The lowest BCUT2D eigenvalue weighted by Gasteiger charge is -2.43. The summed E-state index contributed by atoms with van der Waals surface area (Å²) in [7, 11) is 1.82. The first kappa shape index (κ1) is 14.5. The van der Waals surface area contributed by atoms with Gasteiger partial charge in [-0.2, -0.15) is 0 Å². The molecule has 2 N–H and O–H groups in total. The third-order valence-corrected chi connectivity index (χ3v) is 5.08. The molecule has 1 saturated carbocycles. The Balaban J connectivity index is 2.30. The molecule has 0 spiro atoms. The zero-order valence-corrected chi connectivity index (χ0v) is 12.7. The van der Waals surface area contributed by atoms with E-state index in [9.17, 15) is 0 Å². The summed E-state index contributed by atoms with van der Waals surface area (Å²) in [5, 5.41) is 0. The van der Waals surface area contributed by atoms with Gasteiger partial charge in [0.25, 0.3) is 0 Å². The fourth-order valence-electron chi connectivity index (χ4n) is 3.29. The molecule has 0 saturated heterocycles. The van der Waals surface area contributed by atoms with Gasteiger partial charge < -0.3 is 10.5 Å². The maximum Gasteiger partial charge on any atom is 0.0870 e. The number of hydrogen-bond acceptors (Lipinski definition) is 2. The van der Waals surface area contributed by atoms with Crippen LogP contribution in [0.3, 0.4) is 0 Å². The minimum absolute atomic E-state index is 0.0232. The molecule has 1 aliphatic carbocycles. The van der Waals surface area contributed by atoms with E-state index in [1.54, 1.807) is 0 Å². The number of nitrogens with two attached hydrogens (primary N) is 1. The molecular formula is C17H27NO. The highest BCUT2D eigenvalue weighted by Gasteiger charge is 2.40. The highest BCUT2D eigenvalue weighted by Crippen LogP contribution is 2.42. The molecule has 1 fully saturated rings. The van der Waals surface area contributed by atoms with Gasteiger partial charge in [0, 0.05) is 7.11 Å². The quantitative estimate of drug-likeness (QED) is 0.895. The molecule has 0 heterocycles. The first-order chi connectivity index (χ1) is 9.00. The summed E-state index contributed by atoms with van der Waals surface area (Å²) >= 11 is 0. The van der Waals surface area contributed by atoms with Crippen molar-refractivity contribution in [2.24, 2.45) is 11.7 Å². The van der Waals surface area contributed by atoms with Crippen LogP contribution in [0.25, 0.3) is 0 Å². The van der Waals surface area contributed by atoms with Crippen LogP contribution in [0.4, 0.5) is 0 Å². The number of aryl methyl sites for hydroxylation is 1. The van der Waals surface area contributed by atoms with Crippen LogP contribution in [-0.4, -0.2) is 12.7 Å². The SMILES string of the molecule is COC1(C(N)c2cccc(C)c2C)CCC(C)CC1. The first-order valence-electron chi connectivity index (χ1n) is 7.37. The van der Waals surface area contributed by atoms with Crippen LogP contribution >= 0.6 is 0 Å². The van der Waals surface area contributed by atoms with E-state index in [0.717, 1.165) is 18.8 Å². The van der Waals surface area contributed by atoms with Gasteiger partial charge in [-0.25, -0.2) is 0 Å².